The summed E-state index contributed by atoms with van der Waals surface area (Å²) in [7, 11) is 0. The number of nitrogens with one attached hydrogen (secondary N) is 2. The monoisotopic (exact) mass is 460 g/mol. The van der Waals surface area contributed by atoms with E-state index in [1.165, 1.54) is 6.07 Å². The average molecular weight is 460 g/mol. The molecule has 1 aromatic carbocycles. The lowest BCUT2D eigenvalue weighted by Gasteiger charge is -2.37. The number of carbonyl (C=O) groups is 2. The Morgan fingerprint density at radius 1 is 1.21 bits per heavy atom. The zero-order valence-corrected chi connectivity index (χ0v) is 18.4. The second-order valence-electron chi connectivity index (χ2n) is 7.83. The minimum absolute atomic E-state index is 0.0457. The minimum atomic E-state index is -3.05. The summed E-state index contributed by atoms with van der Waals surface area (Å²) in [5, 5.41) is 5.41. The van der Waals surface area contributed by atoms with Crippen molar-refractivity contribution in [1.29, 1.82) is 0 Å². The smallest absolute Gasteiger partial charge is 0.387 e. The van der Waals surface area contributed by atoms with Gasteiger partial charge in [0.25, 0.3) is 0 Å². The van der Waals surface area contributed by atoms with Gasteiger partial charge in [0.2, 0.25) is 0 Å². The Hall–Kier alpha value is -3.40. The van der Waals surface area contributed by atoms with Crippen molar-refractivity contribution in [3.63, 3.8) is 0 Å². The maximum Gasteiger partial charge on any atom is 0.387 e. The number of benzene rings is 1. The highest BCUT2D eigenvalue weighted by atomic mass is 19.3. The molecule has 4 rings (SSSR count). The van der Waals surface area contributed by atoms with Crippen LogP contribution < -0.4 is 15.4 Å². The van der Waals surface area contributed by atoms with Crippen molar-refractivity contribution in [2.75, 3.05) is 19.7 Å². The molecule has 8 nitrogen and oxygen atoms in total. The topological polar surface area (TPSA) is 84.8 Å². The van der Waals surface area contributed by atoms with Crippen molar-refractivity contribution in [3.8, 4) is 5.75 Å². The first-order valence-corrected chi connectivity index (χ1v) is 10.8. The highest BCUT2D eigenvalue weighted by Gasteiger charge is 2.37. The van der Waals surface area contributed by atoms with Crippen LogP contribution in [0.5, 0.6) is 5.75 Å². The average Bonchev–Trinajstić information content (AvgIpc) is 3.25. The van der Waals surface area contributed by atoms with Crippen LogP contribution in [-0.4, -0.2) is 47.8 Å². The molecule has 0 saturated heterocycles. The number of hydrogen-bond acceptors (Lipinski definition) is 5. The summed E-state index contributed by atoms with van der Waals surface area (Å²) in [4.78, 5) is 27.8. The van der Waals surface area contributed by atoms with Gasteiger partial charge >= 0.3 is 18.6 Å². The van der Waals surface area contributed by atoms with Gasteiger partial charge in [-0.1, -0.05) is 18.2 Å². The molecule has 0 unspecified atom stereocenters. The largest absolute Gasteiger partial charge is 0.463 e. The quantitative estimate of drug-likeness (QED) is 0.620. The van der Waals surface area contributed by atoms with Gasteiger partial charge in [0.15, 0.2) is 0 Å². The predicted octanol–water partition coefficient (Wildman–Crippen LogP) is 3.34. The molecule has 3 heterocycles. The normalized spacial score (nSPS) is 20.8. The Bertz CT molecular complexity index is 1070. The molecule has 0 fully saturated rings. The molecule has 2 aliphatic heterocycles. The summed E-state index contributed by atoms with van der Waals surface area (Å²) in [5.41, 5.74) is 1.91. The molecule has 0 saturated carbocycles. The number of halogens is 2. The van der Waals surface area contributed by atoms with Gasteiger partial charge in [-0.25, -0.2) is 9.59 Å². The molecule has 10 heteroatoms. The zero-order chi connectivity index (χ0) is 23.5. The number of nitrogens with zero attached hydrogens (tertiary/aromatic N) is 2. The number of carbonyl (C=O) groups excluding carboxylic acids is 2. The molecule has 2 amide bonds. The van der Waals surface area contributed by atoms with E-state index in [2.05, 4.69) is 31.8 Å². The fraction of sp³-hybridized carbons (Fsp3) is 0.391. The number of ether oxygens (including phenoxy) is 2. The van der Waals surface area contributed by atoms with Crippen LogP contribution in [0.2, 0.25) is 0 Å². The molecule has 0 bridgehead atoms. The predicted molar refractivity (Wildman–Crippen MR) is 116 cm³/mol. The van der Waals surface area contributed by atoms with E-state index in [1.807, 2.05) is 18.3 Å². The Balaban J connectivity index is 1.74. The van der Waals surface area contributed by atoms with Crippen molar-refractivity contribution in [1.82, 2.24) is 20.1 Å². The van der Waals surface area contributed by atoms with Crippen molar-refractivity contribution in [2.45, 2.75) is 39.1 Å². The summed E-state index contributed by atoms with van der Waals surface area (Å²) in [6, 6.07) is 8.62. The Labute approximate surface area is 190 Å². The molecule has 2 atom stereocenters. The Morgan fingerprint density at radius 3 is 2.76 bits per heavy atom. The van der Waals surface area contributed by atoms with Crippen LogP contribution in [-0.2, 0) is 16.1 Å². The zero-order valence-electron chi connectivity index (χ0n) is 18.4. The van der Waals surface area contributed by atoms with Crippen LogP contribution in [0.1, 0.15) is 37.2 Å². The van der Waals surface area contributed by atoms with Gasteiger partial charge in [0.05, 0.1) is 18.2 Å². The van der Waals surface area contributed by atoms with Crippen LogP contribution in [0.4, 0.5) is 13.6 Å². The third-order valence-corrected chi connectivity index (χ3v) is 5.92. The van der Waals surface area contributed by atoms with Gasteiger partial charge in [-0.3, -0.25) is 4.90 Å². The van der Waals surface area contributed by atoms with Crippen molar-refractivity contribution < 1.29 is 27.8 Å². The number of hydrogen-bond donors (Lipinski definition) is 2. The number of alkyl halides is 2. The van der Waals surface area contributed by atoms with Crippen LogP contribution in [0.3, 0.4) is 0 Å². The Morgan fingerprint density at radius 2 is 2.00 bits per heavy atom. The second-order valence-corrected chi connectivity index (χ2v) is 7.83. The molecule has 0 radical (unpaired) electrons. The third-order valence-electron chi connectivity index (χ3n) is 5.92. The number of urea groups is 1. The lowest BCUT2D eigenvalue weighted by atomic mass is 9.94. The fourth-order valence-corrected chi connectivity index (χ4v) is 4.39. The molecular formula is C23H26F2N4O4. The highest BCUT2D eigenvalue weighted by molar-refractivity contribution is 5.95. The van der Waals surface area contributed by atoms with Gasteiger partial charge in [-0.05, 0) is 32.0 Å². The van der Waals surface area contributed by atoms with E-state index in [-0.39, 0.29) is 36.1 Å². The first kappa shape index (κ1) is 22.8. The van der Waals surface area contributed by atoms with Gasteiger partial charge in [-0.15, -0.1) is 0 Å². The molecule has 176 valence electrons. The lowest BCUT2D eigenvalue weighted by Crippen LogP contribution is -2.49. The van der Waals surface area contributed by atoms with Gasteiger partial charge < -0.3 is 24.7 Å². The second kappa shape index (κ2) is 9.62. The van der Waals surface area contributed by atoms with E-state index in [4.69, 9.17) is 4.74 Å². The number of rotatable bonds is 7. The van der Waals surface area contributed by atoms with E-state index in [0.29, 0.717) is 12.2 Å². The molecule has 0 aliphatic carbocycles. The van der Waals surface area contributed by atoms with Crippen LogP contribution in [0.25, 0.3) is 0 Å². The minimum Gasteiger partial charge on any atom is -0.463 e. The molecule has 2 N–H and O–H groups in total. The van der Waals surface area contributed by atoms with Gasteiger partial charge in [0.1, 0.15) is 5.75 Å². The van der Waals surface area contributed by atoms with E-state index < -0.39 is 24.7 Å². The molecular weight excluding hydrogens is 434 g/mol. The van der Waals surface area contributed by atoms with Crippen LogP contribution in [0.15, 0.2) is 53.9 Å². The fourth-order valence-electron chi connectivity index (χ4n) is 4.39. The van der Waals surface area contributed by atoms with E-state index in [1.54, 1.807) is 25.1 Å². The summed E-state index contributed by atoms with van der Waals surface area (Å²) in [6.07, 6.45) is 2.02. The summed E-state index contributed by atoms with van der Waals surface area (Å²) >= 11 is 0. The SMILES string of the molecule is CCOC(=O)C1=C(CN2CCn3cccc3[C@@H]2C)NC(=O)N[C@H]1c1ccccc1OC(F)F. The highest BCUT2D eigenvalue weighted by Crippen LogP contribution is 2.35. The summed E-state index contributed by atoms with van der Waals surface area (Å²) < 4.78 is 38.1. The number of para-hydroxylation sites is 1. The van der Waals surface area contributed by atoms with Gasteiger partial charge in [0, 0.05) is 48.8 Å². The molecule has 2 aliphatic rings. The van der Waals surface area contributed by atoms with E-state index in [0.717, 1.165) is 12.2 Å². The summed E-state index contributed by atoms with van der Waals surface area (Å²) in [6.45, 7) is 2.57. The molecule has 1 aromatic heterocycles. The maximum absolute atomic E-state index is 13.0. The number of esters is 1. The van der Waals surface area contributed by atoms with Gasteiger partial charge in [-0.2, -0.15) is 8.78 Å². The Kier molecular flexibility index (Phi) is 6.64. The maximum atomic E-state index is 13.0. The first-order valence-electron chi connectivity index (χ1n) is 10.8. The molecule has 2 aromatic rings. The number of aromatic nitrogens is 1. The molecule has 33 heavy (non-hydrogen) atoms. The van der Waals surface area contributed by atoms with Crippen molar-refractivity contribution in [2.24, 2.45) is 0 Å². The first-order chi connectivity index (χ1) is 15.9. The van der Waals surface area contributed by atoms with Crippen molar-refractivity contribution in [3.05, 3.63) is 65.1 Å². The van der Waals surface area contributed by atoms with E-state index in [9.17, 15) is 18.4 Å². The van der Waals surface area contributed by atoms with E-state index >= 15 is 0 Å². The number of amides is 2. The third kappa shape index (κ3) is 4.70. The van der Waals surface area contributed by atoms with Crippen molar-refractivity contribution >= 4 is 12.0 Å². The molecule has 0 spiro atoms. The standard InChI is InChI=1S/C23H26F2N4O4/c1-3-32-21(30)19-16(13-29-12-11-28-10-6-8-17(28)14(29)2)26-23(31)27-20(19)15-7-4-5-9-18(15)33-22(24)25/h4-10,14,20,22H,3,11-13H2,1-2H3,(H2,26,27,31)/t14-,20-/m0/s1. The summed E-state index contributed by atoms with van der Waals surface area (Å²) in [5.74, 6) is -0.755. The van der Waals surface area contributed by atoms with Crippen LogP contribution >= 0.6 is 0 Å². The number of fused-ring (bicyclic) bond motifs is 1. The lowest BCUT2D eigenvalue weighted by molar-refractivity contribution is -0.139. The van der Waals surface area contributed by atoms with Crippen LogP contribution in [0, 0.1) is 0 Å².